The van der Waals surface area contributed by atoms with Crippen molar-refractivity contribution >= 4 is 17.7 Å². The molecule has 0 bridgehead atoms. The van der Waals surface area contributed by atoms with E-state index in [-0.39, 0.29) is 11.9 Å². The Balaban J connectivity index is 1.71. The third-order valence-electron chi connectivity index (χ3n) is 4.35. The van der Waals surface area contributed by atoms with Crippen LogP contribution in [0.5, 0.6) is 0 Å². The van der Waals surface area contributed by atoms with Crippen LogP contribution >= 0.6 is 11.8 Å². The molecule has 3 rings (SSSR count). The number of rotatable bonds is 3. The summed E-state index contributed by atoms with van der Waals surface area (Å²) in [7, 11) is 1.80. The molecule has 0 radical (unpaired) electrons. The van der Waals surface area contributed by atoms with Crippen LogP contribution in [-0.4, -0.2) is 46.9 Å². The number of oxazole rings is 1. The Bertz CT molecular complexity index is 483. The lowest BCUT2D eigenvalue weighted by molar-refractivity contribution is -0.133. The van der Waals surface area contributed by atoms with E-state index in [4.69, 9.17) is 4.42 Å². The predicted octanol–water partition coefficient (Wildman–Crippen LogP) is 2.00. The molecule has 0 saturated carbocycles. The minimum Gasteiger partial charge on any atom is -0.446 e. The quantitative estimate of drug-likeness (QED) is 0.925. The summed E-state index contributed by atoms with van der Waals surface area (Å²) in [6.07, 6.45) is 7.38. The van der Waals surface area contributed by atoms with Gasteiger partial charge in [0.2, 0.25) is 5.91 Å². The number of fused-ring (bicyclic) bond motifs is 1. The van der Waals surface area contributed by atoms with Crippen molar-refractivity contribution < 1.29 is 9.21 Å². The van der Waals surface area contributed by atoms with Crippen molar-refractivity contribution in [1.82, 2.24) is 15.2 Å². The molecular weight excluding hydrogens is 286 g/mol. The number of hydrogen-bond donors (Lipinski definition) is 1. The third-order valence-corrected chi connectivity index (χ3v) is 5.73. The molecule has 1 fully saturated rings. The zero-order valence-electron chi connectivity index (χ0n) is 12.5. The molecule has 1 aromatic heterocycles. The molecule has 0 spiro atoms. The maximum Gasteiger partial charge on any atom is 0.247 e. The van der Waals surface area contributed by atoms with E-state index >= 15 is 0 Å². The van der Waals surface area contributed by atoms with E-state index in [0.29, 0.717) is 11.0 Å². The second-order valence-electron chi connectivity index (χ2n) is 5.76. The number of hydrogen-bond acceptors (Lipinski definition) is 5. The molecule has 21 heavy (non-hydrogen) atoms. The number of nitrogens with one attached hydrogen (secondary N) is 1. The van der Waals surface area contributed by atoms with Crippen LogP contribution in [0.1, 0.15) is 43.2 Å². The predicted molar refractivity (Wildman–Crippen MR) is 83.3 cm³/mol. The Morgan fingerprint density at radius 1 is 1.48 bits per heavy atom. The van der Waals surface area contributed by atoms with Gasteiger partial charge in [-0.25, -0.2) is 4.98 Å². The van der Waals surface area contributed by atoms with Gasteiger partial charge in [-0.15, -0.1) is 0 Å². The van der Waals surface area contributed by atoms with Crippen molar-refractivity contribution in [1.29, 1.82) is 0 Å². The summed E-state index contributed by atoms with van der Waals surface area (Å²) >= 11 is 2.03. The normalized spacial score (nSPS) is 27.1. The first-order chi connectivity index (χ1) is 10.3. The Morgan fingerprint density at radius 3 is 3.24 bits per heavy atom. The summed E-state index contributed by atoms with van der Waals surface area (Å²) in [6.45, 7) is 1.60. The Hall–Kier alpha value is -1.01. The van der Waals surface area contributed by atoms with Gasteiger partial charge in [-0.2, -0.15) is 11.8 Å². The van der Waals surface area contributed by atoms with E-state index in [9.17, 15) is 4.79 Å². The molecule has 116 valence electrons. The van der Waals surface area contributed by atoms with E-state index in [1.165, 1.54) is 37.8 Å². The van der Waals surface area contributed by atoms with Crippen molar-refractivity contribution in [3.8, 4) is 0 Å². The highest BCUT2D eigenvalue weighted by atomic mass is 32.2. The molecule has 5 nitrogen and oxygen atoms in total. The van der Waals surface area contributed by atoms with Crippen LogP contribution in [0.4, 0.5) is 0 Å². The lowest BCUT2D eigenvalue weighted by Gasteiger charge is -2.27. The first kappa shape index (κ1) is 14.9. The average Bonchev–Trinajstić information content (AvgIpc) is 2.73. The fourth-order valence-electron chi connectivity index (χ4n) is 3.16. The minimum atomic E-state index is -0.388. The van der Waals surface area contributed by atoms with Gasteiger partial charge in [0.25, 0.3) is 0 Å². The fourth-order valence-corrected chi connectivity index (χ4v) is 4.48. The largest absolute Gasteiger partial charge is 0.446 e. The number of aromatic nitrogens is 1. The zero-order valence-corrected chi connectivity index (χ0v) is 13.3. The molecule has 1 N–H and O–H groups in total. The van der Waals surface area contributed by atoms with Crippen molar-refractivity contribution in [2.75, 3.05) is 25.9 Å². The summed E-state index contributed by atoms with van der Waals surface area (Å²) in [4.78, 5) is 19.0. The van der Waals surface area contributed by atoms with Gasteiger partial charge in [0, 0.05) is 24.8 Å². The van der Waals surface area contributed by atoms with Crippen molar-refractivity contribution in [2.24, 2.45) is 0 Å². The standard InChI is InChI=1S/C15H23N3O2S/c1-16-13-14-12(17-10-20-14)6-7-18(15(13)19)9-11-5-3-2-4-8-21-11/h10-11,13,16H,2-9H2,1H3. The number of nitrogens with zero attached hydrogens (tertiary/aromatic N) is 2. The lowest BCUT2D eigenvalue weighted by atomic mass is 10.1. The summed E-state index contributed by atoms with van der Waals surface area (Å²) in [5, 5.41) is 3.66. The molecule has 2 unspecified atom stereocenters. The second kappa shape index (κ2) is 6.83. The van der Waals surface area contributed by atoms with Gasteiger partial charge in [-0.05, 0) is 25.6 Å². The molecule has 2 atom stereocenters. The molecule has 2 aliphatic heterocycles. The molecule has 3 heterocycles. The van der Waals surface area contributed by atoms with Crippen LogP contribution < -0.4 is 5.32 Å². The fraction of sp³-hybridized carbons (Fsp3) is 0.733. The van der Waals surface area contributed by atoms with Gasteiger partial charge < -0.3 is 14.6 Å². The highest BCUT2D eigenvalue weighted by molar-refractivity contribution is 7.99. The van der Waals surface area contributed by atoms with Crippen molar-refractivity contribution in [3.63, 3.8) is 0 Å². The molecule has 1 aromatic rings. The number of carbonyl (C=O) groups is 1. The maximum absolute atomic E-state index is 12.8. The maximum atomic E-state index is 12.8. The van der Waals surface area contributed by atoms with E-state index in [2.05, 4.69) is 10.3 Å². The van der Waals surface area contributed by atoms with Crippen LogP contribution in [0.25, 0.3) is 0 Å². The lowest BCUT2D eigenvalue weighted by Crippen LogP contribution is -2.42. The topological polar surface area (TPSA) is 58.4 Å². The molecule has 1 amide bonds. The molecule has 1 saturated heterocycles. The van der Waals surface area contributed by atoms with Crippen molar-refractivity contribution in [2.45, 2.75) is 43.4 Å². The molecule has 0 aliphatic carbocycles. The van der Waals surface area contributed by atoms with Crippen LogP contribution in [-0.2, 0) is 11.2 Å². The SMILES string of the molecule is CNC1C(=O)N(CC2CCCCCS2)CCc2ncoc21. The van der Waals surface area contributed by atoms with Gasteiger partial charge in [0.1, 0.15) is 6.04 Å². The Morgan fingerprint density at radius 2 is 2.38 bits per heavy atom. The zero-order chi connectivity index (χ0) is 14.7. The smallest absolute Gasteiger partial charge is 0.247 e. The highest BCUT2D eigenvalue weighted by Crippen LogP contribution is 2.28. The number of likely N-dealkylation sites (N-methyl/N-ethyl adjacent to an activating group) is 1. The first-order valence-corrected chi connectivity index (χ1v) is 8.84. The molecule has 2 aliphatic rings. The van der Waals surface area contributed by atoms with Crippen LogP contribution in [0.15, 0.2) is 10.8 Å². The molecule has 6 heteroatoms. The van der Waals surface area contributed by atoms with E-state index in [1.54, 1.807) is 7.05 Å². The third kappa shape index (κ3) is 3.26. The van der Waals surface area contributed by atoms with E-state index in [0.717, 1.165) is 25.2 Å². The molecule has 0 aromatic carbocycles. The van der Waals surface area contributed by atoms with Crippen LogP contribution in [0.3, 0.4) is 0 Å². The van der Waals surface area contributed by atoms with Gasteiger partial charge >= 0.3 is 0 Å². The number of carbonyl (C=O) groups excluding carboxylic acids is 1. The van der Waals surface area contributed by atoms with Crippen LogP contribution in [0, 0.1) is 0 Å². The monoisotopic (exact) mass is 309 g/mol. The van der Waals surface area contributed by atoms with Gasteiger partial charge in [0.05, 0.1) is 5.69 Å². The van der Waals surface area contributed by atoms with Gasteiger partial charge in [0.15, 0.2) is 12.2 Å². The average molecular weight is 309 g/mol. The van der Waals surface area contributed by atoms with Gasteiger partial charge in [-0.3, -0.25) is 4.79 Å². The van der Waals surface area contributed by atoms with E-state index in [1.807, 2.05) is 16.7 Å². The van der Waals surface area contributed by atoms with Gasteiger partial charge in [-0.1, -0.05) is 12.8 Å². The minimum absolute atomic E-state index is 0.123. The Labute approximate surface area is 129 Å². The summed E-state index contributed by atoms with van der Waals surface area (Å²) in [5.74, 6) is 2.04. The van der Waals surface area contributed by atoms with E-state index < -0.39 is 0 Å². The Kier molecular flexibility index (Phi) is 4.85. The van der Waals surface area contributed by atoms with Crippen molar-refractivity contribution in [3.05, 3.63) is 17.8 Å². The summed E-state index contributed by atoms with van der Waals surface area (Å²) in [5.41, 5.74) is 0.915. The molecular formula is C15H23N3O2S. The summed E-state index contributed by atoms with van der Waals surface area (Å²) < 4.78 is 5.44. The number of amides is 1. The second-order valence-corrected chi connectivity index (χ2v) is 7.17. The van der Waals surface area contributed by atoms with Crippen LogP contribution in [0.2, 0.25) is 0 Å². The number of thioether (sulfide) groups is 1. The summed E-state index contributed by atoms with van der Waals surface area (Å²) in [6, 6.07) is -0.388. The first-order valence-electron chi connectivity index (χ1n) is 7.79. The highest BCUT2D eigenvalue weighted by Gasteiger charge is 2.34.